The van der Waals surface area contributed by atoms with Crippen molar-refractivity contribution in [2.24, 2.45) is 28.6 Å². The second-order valence-corrected chi connectivity index (χ2v) is 8.55. The Labute approximate surface area is 141 Å². The van der Waals surface area contributed by atoms with Crippen LogP contribution in [0, 0.1) is 28.6 Å². The van der Waals surface area contributed by atoms with Gasteiger partial charge in [-0.3, -0.25) is 4.79 Å². The van der Waals surface area contributed by atoms with Crippen molar-refractivity contribution in [2.75, 3.05) is 0 Å². The van der Waals surface area contributed by atoms with E-state index in [1.165, 1.54) is 12.2 Å². The number of aliphatic hydroxyl groups excluding tert-OH is 1. The lowest BCUT2D eigenvalue weighted by atomic mass is 9.47. The number of halogens is 2. The van der Waals surface area contributed by atoms with E-state index in [4.69, 9.17) is 0 Å². The fourth-order valence-corrected chi connectivity index (χ4v) is 6.27. The van der Waals surface area contributed by atoms with Gasteiger partial charge in [0.2, 0.25) is 5.78 Å². The minimum absolute atomic E-state index is 0.118. The van der Waals surface area contributed by atoms with Crippen LogP contribution in [0.4, 0.5) is 8.78 Å². The van der Waals surface area contributed by atoms with Gasteiger partial charge in [0.1, 0.15) is 0 Å². The van der Waals surface area contributed by atoms with Crippen molar-refractivity contribution >= 4 is 5.78 Å². The molecular weight excluding hydrogens is 310 g/mol. The first-order chi connectivity index (χ1) is 11.3. The lowest BCUT2D eigenvalue weighted by Crippen LogP contribution is -2.51. The van der Waals surface area contributed by atoms with E-state index in [2.05, 4.69) is 6.92 Å². The molecule has 0 amide bonds. The summed E-state index contributed by atoms with van der Waals surface area (Å²) in [6, 6.07) is 0. The molecule has 0 saturated heterocycles. The van der Waals surface area contributed by atoms with E-state index in [9.17, 15) is 18.7 Å². The first kappa shape index (κ1) is 16.2. The first-order valence-electron chi connectivity index (χ1n) is 8.94. The Hall–Kier alpha value is -1.29. The number of rotatable bonds is 0. The van der Waals surface area contributed by atoms with Crippen molar-refractivity contribution in [3.05, 3.63) is 35.5 Å². The van der Waals surface area contributed by atoms with Gasteiger partial charge in [-0.05, 0) is 78.6 Å². The van der Waals surface area contributed by atoms with Crippen LogP contribution in [0.25, 0.3) is 0 Å². The molecule has 3 fully saturated rings. The van der Waals surface area contributed by atoms with E-state index in [1.807, 2.05) is 6.92 Å². The Morgan fingerprint density at radius 2 is 2.00 bits per heavy atom. The van der Waals surface area contributed by atoms with Crippen molar-refractivity contribution in [3.8, 4) is 0 Å². The number of ketones is 1. The Balaban J connectivity index is 1.81. The SMILES string of the molecule is C[C@]12CC[C@H]3[C@@H](CC(=CF)C4=CC(=O)C(F)=C[C@@]43C)[C@@H]1CC[C@@H]2O. The summed E-state index contributed by atoms with van der Waals surface area (Å²) in [6.45, 7) is 4.10. The van der Waals surface area contributed by atoms with Gasteiger partial charge in [0, 0.05) is 5.41 Å². The minimum Gasteiger partial charge on any atom is -0.393 e. The number of allylic oxidation sites excluding steroid dienone is 5. The van der Waals surface area contributed by atoms with Crippen LogP contribution in [0.5, 0.6) is 0 Å². The smallest absolute Gasteiger partial charge is 0.214 e. The molecule has 24 heavy (non-hydrogen) atoms. The zero-order valence-corrected chi connectivity index (χ0v) is 14.2. The third-order valence-electron chi connectivity index (χ3n) is 7.61. The quantitative estimate of drug-likeness (QED) is 0.712. The summed E-state index contributed by atoms with van der Waals surface area (Å²) < 4.78 is 27.7. The van der Waals surface area contributed by atoms with Crippen molar-refractivity contribution in [2.45, 2.75) is 52.1 Å². The van der Waals surface area contributed by atoms with Crippen molar-refractivity contribution < 1.29 is 18.7 Å². The van der Waals surface area contributed by atoms with Crippen LogP contribution in [0.15, 0.2) is 35.5 Å². The predicted octanol–water partition coefficient (Wildman–Crippen LogP) is 4.42. The molecular formula is C20H24F2O2. The van der Waals surface area contributed by atoms with Gasteiger partial charge in [0.15, 0.2) is 5.83 Å². The molecule has 1 N–H and O–H groups in total. The molecule has 0 unspecified atom stereocenters. The molecule has 130 valence electrons. The van der Waals surface area contributed by atoms with Crippen LogP contribution in [0.3, 0.4) is 0 Å². The highest BCUT2D eigenvalue weighted by atomic mass is 19.1. The van der Waals surface area contributed by atoms with E-state index in [-0.39, 0.29) is 23.4 Å². The van der Waals surface area contributed by atoms with Crippen LogP contribution in [-0.4, -0.2) is 17.0 Å². The molecule has 4 aliphatic carbocycles. The van der Waals surface area contributed by atoms with Gasteiger partial charge in [-0.2, -0.15) is 0 Å². The molecule has 0 aliphatic heterocycles. The largest absolute Gasteiger partial charge is 0.393 e. The molecule has 0 aromatic rings. The third kappa shape index (κ3) is 1.92. The molecule has 4 aliphatic rings. The Kier molecular flexibility index (Phi) is 3.44. The maximum Gasteiger partial charge on any atom is 0.214 e. The van der Waals surface area contributed by atoms with Crippen LogP contribution in [0.1, 0.15) is 46.0 Å². The Morgan fingerprint density at radius 3 is 2.71 bits per heavy atom. The van der Waals surface area contributed by atoms with E-state index in [0.717, 1.165) is 25.7 Å². The summed E-state index contributed by atoms with van der Waals surface area (Å²) in [5, 5.41) is 10.5. The fraction of sp³-hybridized carbons (Fsp3) is 0.650. The van der Waals surface area contributed by atoms with Crippen LogP contribution in [-0.2, 0) is 4.79 Å². The number of hydrogen-bond acceptors (Lipinski definition) is 2. The number of aliphatic hydroxyl groups is 1. The molecule has 6 atom stereocenters. The Morgan fingerprint density at radius 1 is 1.25 bits per heavy atom. The predicted molar refractivity (Wildman–Crippen MR) is 87.2 cm³/mol. The molecule has 0 aromatic heterocycles. The average molecular weight is 334 g/mol. The van der Waals surface area contributed by atoms with Gasteiger partial charge < -0.3 is 5.11 Å². The summed E-state index contributed by atoms with van der Waals surface area (Å²) in [4.78, 5) is 11.8. The molecule has 2 nitrogen and oxygen atoms in total. The fourth-order valence-electron chi connectivity index (χ4n) is 6.27. The van der Waals surface area contributed by atoms with E-state index in [0.29, 0.717) is 29.8 Å². The highest BCUT2D eigenvalue weighted by Crippen LogP contribution is 2.65. The van der Waals surface area contributed by atoms with Gasteiger partial charge in [0.25, 0.3) is 0 Å². The van der Waals surface area contributed by atoms with Crippen molar-refractivity contribution in [3.63, 3.8) is 0 Å². The number of carbonyl (C=O) groups excluding carboxylic acids is 1. The van der Waals surface area contributed by atoms with E-state index < -0.39 is 17.0 Å². The monoisotopic (exact) mass is 334 g/mol. The number of hydrogen-bond donors (Lipinski definition) is 1. The average Bonchev–Trinajstić information content (AvgIpc) is 2.84. The molecule has 4 rings (SSSR count). The van der Waals surface area contributed by atoms with Gasteiger partial charge in [-0.15, -0.1) is 0 Å². The van der Waals surface area contributed by atoms with E-state index in [1.54, 1.807) is 0 Å². The van der Waals surface area contributed by atoms with Crippen LogP contribution >= 0.6 is 0 Å². The topological polar surface area (TPSA) is 37.3 Å². The van der Waals surface area contributed by atoms with E-state index >= 15 is 0 Å². The lowest BCUT2D eigenvalue weighted by Gasteiger charge is -2.56. The van der Waals surface area contributed by atoms with Gasteiger partial charge in [-0.1, -0.05) is 13.8 Å². The summed E-state index contributed by atoms with van der Waals surface area (Å²) in [7, 11) is 0. The maximum absolute atomic E-state index is 14.1. The number of carbonyl (C=O) groups is 1. The summed E-state index contributed by atoms with van der Waals surface area (Å²) in [5.41, 5.74) is 0.432. The standard InChI is InChI=1S/C20H24F2O2/c1-19-6-5-14-12(13(19)3-4-18(19)24)7-11(10-21)15-8-17(23)16(22)9-20(14,15)2/h8-10,12-14,18,24H,3-7H2,1-2H3/t12-,13-,14-,18-,19-,20+/m0/s1. The molecule has 0 aromatic carbocycles. The third-order valence-corrected chi connectivity index (χ3v) is 7.61. The first-order valence-corrected chi connectivity index (χ1v) is 8.94. The highest BCUT2D eigenvalue weighted by Gasteiger charge is 2.59. The molecule has 4 heteroatoms. The second kappa shape index (κ2) is 5.10. The number of fused-ring (bicyclic) bond motifs is 5. The van der Waals surface area contributed by atoms with Gasteiger partial charge in [-0.25, -0.2) is 8.78 Å². The molecule has 3 saturated carbocycles. The van der Waals surface area contributed by atoms with Gasteiger partial charge in [0.05, 0.1) is 12.4 Å². The van der Waals surface area contributed by atoms with Crippen LogP contribution < -0.4 is 0 Å². The molecule has 0 bridgehead atoms. The summed E-state index contributed by atoms with van der Waals surface area (Å²) in [5.74, 6) is -0.636. The normalized spacial score (nSPS) is 49.2. The lowest BCUT2D eigenvalue weighted by molar-refractivity contribution is -0.113. The van der Waals surface area contributed by atoms with Crippen molar-refractivity contribution in [1.82, 2.24) is 0 Å². The zero-order chi connectivity index (χ0) is 17.3. The molecule has 0 spiro atoms. The second-order valence-electron chi connectivity index (χ2n) is 8.55. The van der Waals surface area contributed by atoms with Crippen molar-refractivity contribution in [1.29, 1.82) is 0 Å². The Bertz CT molecular complexity index is 692. The van der Waals surface area contributed by atoms with Crippen LogP contribution in [0.2, 0.25) is 0 Å². The molecule has 0 heterocycles. The maximum atomic E-state index is 14.1. The van der Waals surface area contributed by atoms with Gasteiger partial charge >= 0.3 is 0 Å². The zero-order valence-electron chi connectivity index (χ0n) is 14.2. The highest BCUT2D eigenvalue weighted by molar-refractivity contribution is 6.04. The summed E-state index contributed by atoms with van der Waals surface area (Å²) in [6.07, 6.45) is 7.13. The minimum atomic E-state index is -0.722. The summed E-state index contributed by atoms with van der Waals surface area (Å²) >= 11 is 0. The molecule has 0 radical (unpaired) electrons.